The van der Waals surface area contributed by atoms with Gasteiger partial charge in [0.1, 0.15) is 18.6 Å². The molecule has 0 aromatic carbocycles. The van der Waals surface area contributed by atoms with E-state index in [9.17, 15) is 23.7 Å². The minimum atomic E-state index is -3.42. The molecule has 34 heavy (non-hydrogen) atoms. The summed E-state index contributed by atoms with van der Waals surface area (Å²) in [6, 6.07) is -2.35. The fourth-order valence-electron chi connectivity index (χ4n) is 2.78. The topological polar surface area (TPSA) is 200 Å². The first kappa shape index (κ1) is 30.9. The molecule has 196 valence electrons. The largest absolute Gasteiger partial charge is 0.480 e. The molecule has 1 rings (SSSR count). The monoisotopic (exact) mass is 565 g/mol. The van der Waals surface area contributed by atoms with E-state index in [1.165, 1.54) is 16.4 Å². The van der Waals surface area contributed by atoms with E-state index in [0.29, 0.717) is 6.42 Å². The number of nitrogens with two attached hydrogens (primary N) is 1. The zero-order valence-corrected chi connectivity index (χ0v) is 21.5. The van der Waals surface area contributed by atoms with E-state index in [2.05, 4.69) is 15.7 Å². The average molecular weight is 566 g/mol. The molecule has 13 nitrogen and oxygen atoms in total. The summed E-state index contributed by atoms with van der Waals surface area (Å²) in [4.78, 5) is 46.3. The summed E-state index contributed by atoms with van der Waals surface area (Å²) in [7, 11) is -3.42. The molecule has 2 amide bonds. The van der Waals surface area contributed by atoms with Gasteiger partial charge in [-0.1, -0.05) is 0 Å². The molecule has 17 heteroatoms. The Kier molecular flexibility index (Phi) is 14.4. The summed E-state index contributed by atoms with van der Waals surface area (Å²) in [5.74, 6) is -3.41. The highest BCUT2D eigenvalue weighted by Gasteiger charge is 2.38. The number of nitrogens with one attached hydrogen (secondary N) is 3. The lowest BCUT2D eigenvalue weighted by atomic mass is 10.1. The number of amides is 2. The van der Waals surface area contributed by atoms with Crippen molar-refractivity contribution in [3.8, 4) is 0 Å². The van der Waals surface area contributed by atoms with Gasteiger partial charge in [-0.2, -0.15) is 0 Å². The van der Waals surface area contributed by atoms with Crippen LogP contribution in [-0.4, -0.2) is 99.8 Å². The molecule has 4 atom stereocenters. The molecule has 0 aromatic heterocycles. The summed E-state index contributed by atoms with van der Waals surface area (Å²) in [6.07, 6.45) is 0.0754. The molecular formula is C17H30Cl2N5O8PS. The molecule has 0 spiro atoms. The first-order valence-corrected chi connectivity index (χ1v) is 14.0. The maximum absolute atomic E-state index is 13.2. The molecule has 0 aromatic rings. The molecule has 0 radical (unpaired) electrons. The number of halogens is 2. The van der Waals surface area contributed by atoms with Crippen LogP contribution in [0.1, 0.15) is 19.3 Å². The number of alkyl halides is 2. The molecule has 0 aliphatic carbocycles. The average Bonchev–Trinajstić information content (AvgIpc) is 2.78. The summed E-state index contributed by atoms with van der Waals surface area (Å²) < 4.78 is 20.3. The molecule has 0 unspecified atom stereocenters. The van der Waals surface area contributed by atoms with Crippen LogP contribution < -0.4 is 21.5 Å². The van der Waals surface area contributed by atoms with Crippen molar-refractivity contribution < 1.29 is 38.5 Å². The Morgan fingerprint density at radius 2 is 1.88 bits per heavy atom. The highest BCUT2D eigenvalue weighted by Crippen LogP contribution is 2.50. The van der Waals surface area contributed by atoms with Gasteiger partial charge in [0.2, 0.25) is 11.8 Å². The van der Waals surface area contributed by atoms with E-state index >= 15 is 0 Å². The number of hydrogen-bond donors (Lipinski definition) is 6. The maximum atomic E-state index is 13.2. The minimum absolute atomic E-state index is 0.0187. The van der Waals surface area contributed by atoms with Crippen molar-refractivity contribution in [2.45, 2.75) is 36.7 Å². The van der Waals surface area contributed by atoms with Crippen LogP contribution in [0.25, 0.3) is 0 Å². The predicted octanol–water partition coefficient (Wildman–Crippen LogP) is -0.179. The van der Waals surface area contributed by atoms with Crippen LogP contribution in [0.4, 0.5) is 0 Å². The lowest BCUT2D eigenvalue weighted by Gasteiger charge is -2.37. The van der Waals surface area contributed by atoms with E-state index in [1.807, 2.05) is 0 Å². The van der Waals surface area contributed by atoms with Gasteiger partial charge in [0.25, 0.3) is 0 Å². The smallest absolute Gasteiger partial charge is 0.344 e. The van der Waals surface area contributed by atoms with Crippen molar-refractivity contribution in [3.05, 3.63) is 0 Å². The van der Waals surface area contributed by atoms with Crippen molar-refractivity contribution >= 4 is 66.4 Å². The quantitative estimate of drug-likeness (QED) is 0.107. The Hall–Kier alpha value is -1.12. The van der Waals surface area contributed by atoms with Gasteiger partial charge >= 0.3 is 19.6 Å². The molecule has 1 heterocycles. The van der Waals surface area contributed by atoms with Gasteiger partial charge in [-0.25, -0.2) is 9.76 Å². The van der Waals surface area contributed by atoms with Gasteiger partial charge in [-0.3, -0.25) is 23.7 Å². The van der Waals surface area contributed by atoms with E-state index in [1.54, 1.807) is 0 Å². The second-order valence-corrected chi connectivity index (χ2v) is 11.3. The van der Waals surface area contributed by atoms with Crippen molar-refractivity contribution in [3.63, 3.8) is 0 Å². The number of carbonyl (C=O) groups excluding carboxylic acids is 2. The third-order valence-electron chi connectivity index (χ3n) is 4.54. The summed E-state index contributed by atoms with van der Waals surface area (Å²) in [5, 5.41) is 24.8. The Morgan fingerprint density at radius 1 is 1.24 bits per heavy atom. The van der Waals surface area contributed by atoms with Crippen LogP contribution in [0.5, 0.6) is 0 Å². The molecule has 0 saturated carbocycles. The first-order chi connectivity index (χ1) is 16.0. The zero-order valence-electron chi connectivity index (χ0n) is 18.3. The number of carbonyl (C=O) groups is 4. The lowest BCUT2D eigenvalue weighted by Crippen LogP contribution is -2.50. The third-order valence-corrected chi connectivity index (χ3v) is 8.65. The third kappa shape index (κ3) is 11.1. The Bertz CT molecular complexity index is 761. The number of carboxylic acids is 2. The van der Waals surface area contributed by atoms with Crippen LogP contribution in [0.3, 0.4) is 0 Å². The maximum Gasteiger partial charge on any atom is 0.344 e. The Labute approximate surface area is 211 Å². The fraction of sp³-hybridized carbons (Fsp3) is 0.765. The number of aliphatic carboxylic acids is 2. The highest BCUT2D eigenvalue weighted by molar-refractivity contribution is 8.00. The van der Waals surface area contributed by atoms with Gasteiger partial charge in [0.05, 0.1) is 12.0 Å². The van der Waals surface area contributed by atoms with Crippen molar-refractivity contribution in [1.82, 2.24) is 20.4 Å². The molecule has 1 aliphatic rings. The van der Waals surface area contributed by atoms with Crippen LogP contribution in [0.2, 0.25) is 0 Å². The van der Waals surface area contributed by atoms with E-state index in [0.717, 1.165) is 0 Å². The van der Waals surface area contributed by atoms with E-state index in [-0.39, 0.29) is 50.1 Å². The highest BCUT2D eigenvalue weighted by atomic mass is 35.5. The van der Waals surface area contributed by atoms with Crippen LogP contribution in [0, 0.1) is 0 Å². The minimum Gasteiger partial charge on any atom is -0.480 e. The SMILES string of the molecule is N[C@@H](CCC(=O)N[C@@H](CS[C@@H]1CCO[P@](=O)(N(CCCl)CCCl)N1)C(=O)NCC(=O)O)C(=O)O. The normalized spacial score (nSPS) is 22.1. The Morgan fingerprint density at radius 3 is 2.44 bits per heavy atom. The molecule has 7 N–H and O–H groups in total. The van der Waals surface area contributed by atoms with E-state index in [4.69, 9.17) is 43.7 Å². The molecular weight excluding hydrogens is 536 g/mol. The summed E-state index contributed by atoms with van der Waals surface area (Å²) in [6.45, 7) is 0.101. The van der Waals surface area contributed by atoms with E-state index < -0.39 is 55.4 Å². The van der Waals surface area contributed by atoms with Crippen molar-refractivity contribution in [2.24, 2.45) is 5.73 Å². The van der Waals surface area contributed by atoms with Crippen molar-refractivity contribution in [2.75, 3.05) is 43.8 Å². The fourth-order valence-corrected chi connectivity index (χ4v) is 7.02. The first-order valence-electron chi connectivity index (χ1n) is 10.3. The molecule has 1 fully saturated rings. The lowest BCUT2D eigenvalue weighted by molar-refractivity contribution is -0.139. The van der Waals surface area contributed by atoms with Crippen molar-refractivity contribution in [1.29, 1.82) is 0 Å². The Balaban J connectivity index is 2.79. The standard InChI is InChI=1S/C17H30Cl2N5O8PS/c18-4-6-24(7-5-19)33(31)23-14(3-8-32-33)34-10-12(16(28)21-9-15(26)27)22-13(25)2-1-11(20)17(29)30/h11-12,14H,1-10,20H2,(H,21,28)(H,22,25)(H,23,31)(H,26,27)(H,29,30)/t11-,12-,14+,33-/m0/s1. The molecule has 1 aliphatic heterocycles. The second-order valence-electron chi connectivity index (χ2n) is 7.14. The number of thioether (sulfide) groups is 1. The van der Waals surface area contributed by atoms with Gasteiger partial charge in [0, 0.05) is 37.0 Å². The predicted molar refractivity (Wildman–Crippen MR) is 128 cm³/mol. The van der Waals surface area contributed by atoms with Crippen LogP contribution in [0.15, 0.2) is 0 Å². The summed E-state index contributed by atoms with van der Waals surface area (Å²) >= 11 is 12.8. The number of rotatable bonds is 16. The number of hydrogen-bond acceptors (Lipinski definition) is 8. The van der Waals surface area contributed by atoms with Crippen LogP contribution >= 0.6 is 42.6 Å². The zero-order chi connectivity index (χ0) is 25.7. The van der Waals surface area contributed by atoms with Gasteiger partial charge in [-0.05, 0) is 12.8 Å². The number of carboxylic acid groups (broad SMARTS) is 2. The molecule has 0 bridgehead atoms. The second kappa shape index (κ2) is 15.8. The molecule has 1 saturated heterocycles. The van der Waals surface area contributed by atoms with Gasteiger partial charge in [0.15, 0.2) is 0 Å². The van der Waals surface area contributed by atoms with Gasteiger partial charge < -0.3 is 31.1 Å². The van der Waals surface area contributed by atoms with Crippen LogP contribution in [-0.2, 0) is 28.3 Å². The van der Waals surface area contributed by atoms with Gasteiger partial charge in [-0.15, -0.1) is 35.0 Å². The summed E-state index contributed by atoms with van der Waals surface area (Å²) in [5.41, 5.74) is 5.39. The number of nitrogens with zero attached hydrogens (tertiary/aromatic N) is 1.